The number of aromatic nitrogens is 3. The van der Waals surface area contributed by atoms with Crippen molar-refractivity contribution in [1.29, 1.82) is 0 Å². The van der Waals surface area contributed by atoms with E-state index in [1.54, 1.807) is 0 Å². The van der Waals surface area contributed by atoms with Crippen molar-refractivity contribution >= 4 is 22.8 Å². The fourth-order valence-corrected chi connectivity index (χ4v) is 2.77. The highest BCUT2D eigenvalue weighted by molar-refractivity contribution is 6.17. The third-order valence-corrected chi connectivity index (χ3v) is 4.02. The van der Waals surface area contributed by atoms with Crippen LogP contribution in [0.5, 0.6) is 0 Å². The molecule has 2 aromatic heterocycles. The molecular formula is C14H18ClN3. The largest absolute Gasteiger partial charge is 0.309 e. The van der Waals surface area contributed by atoms with Gasteiger partial charge >= 0.3 is 0 Å². The molecule has 18 heavy (non-hydrogen) atoms. The van der Waals surface area contributed by atoms with Crippen molar-refractivity contribution in [3.8, 4) is 0 Å². The zero-order valence-electron chi connectivity index (χ0n) is 11.1. The first-order valence-corrected chi connectivity index (χ1v) is 6.96. The van der Waals surface area contributed by atoms with Crippen molar-refractivity contribution < 1.29 is 0 Å². The highest BCUT2D eigenvalue weighted by Gasteiger charge is 2.48. The molecular weight excluding hydrogens is 246 g/mol. The molecule has 1 saturated carbocycles. The molecule has 4 heteroatoms. The third kappa shape index (κ3) is 1.81. The van der Waals surface area contributed by atoms with Gasteiger partial charge in [-0.2, -0.15) is 0 Å². The standard InChI is InChI=1S/C14H18ClN3/c1-9-6-10-13(16-8-9)18(11-7-14(11,2)3)12(17-10)4-5-15/h6,8,11H,4-5,7H2,1-3H3. The predicted molar refractivity (Wildman–Crippen MR) is 74.1 cm³/mol. The number of fused-ring (bicyclic) bond motifs is 1. The van der Waals surface area contributed by atoms with E-state index < -0.39 is 0 Å². The zero-order valence-corrected chi connectivity index (χ0v) is 11.8. The second-order valence-corrected chi connectivity index (χ2v) is 6.28. The average molecular weight is 264 g/mol. The number of halogens is 1. The third-order valence-electron chi connectivity index (χ3n) is 3.83. The average Bonchev–Trinajstić information content (AvgIpc) is 2.78. The highest BCUT2D eigenvalue weighted by Crippen LogP contribution is 2.56. The van der Waals surface area contributed by atoms with Crippen LogP contribution in [0.3, 0.4) is 0 Å². The summed E-state index contributed by atoms with van der Waals surface area (Å²) in [4.78, 5) is 9.27. The van der Waals surface area contributed by atoms with E-state index in [1.807, 2.05) is 13.1 Å². The minimum Gasteiger partial charge on any atom is -0.309 e. The van der Waals surface area contributed by atoms with Gasteiger partial charge in [0.15, 0.2) is 5.65 Å². The van der Waals surface area contributed by atoms with Gasteiger partial charge in [-0.15, -0.1) is 11.6 Å². The Kier molecular flexibility index (Phi) is 2.63. The lowest BCUT2D eigenvalue weighted by molar-refractivity contribution is 0.535. The van der Waals surface area contributed by atoms with E-state index in [1.165, 1.54) is 6.42 Å². The van der Waals surface area contributed by atoms with Gasteiger partial charge in [-0.25, -0.2) is 9.97 Å². The molecule has 1 fully saturated rings. The van der Waals surface area contributed by atoms with Crippen LogP contribution >= 0.6 is 11.6 Å². The summed E-state index contributed by atoms with van der Waals surface area (Å²) in [6, 6.07) is 2.63. The quantitative estimate of drug-likeness (QED) is 0.794. The number of aryl methyl sites for hydroxylation is 2. The molecule has 1 aliphatic carbocycles. The summed E-state index contributed by atoms with van der Waals surface area (Å²) in [6.07, 6.45) is 3.92. The highest BCUT2D eigenvalue weighted by atomic mass is 35.5. The normalized spacial score (nSPS) is 21.4. The van der Waals surface area contributed by atoms with Crippen LogP contribution in [0, 0.1) is 12.3 Å². The van der Waals surface area contributed by atoms with E-state index in [2.05, 4.69) is 29.5 Å². The summed E-state index contributed by atoms with van der Waals surface area (Å²) < 4.78 is 2.30. The van der Waals surface area contributed by atoms with E-state index in [0.717, 1.165) is 29.0 Å². The maximum absolute atomic E-state index is 5.89. The predicted octanol–water partition coefficient (Wildman–Crippen LogP) is 3.49. The Bertz CT molecular complexity index is 600. The monoisotopic (exact) mass is 263 g/mol. The van der Waals surface area contributed by atoms with E-state index in [0.29, 0.717) is 17.3 Å². The molecule has 0 radical (unpaired) electrons. The van der Waals surface area contributed by atoms with E-state index in [9.17, 15) is 0 Å². The van der Waals surface area contributed by atoms with E-state index in [4.69, 9.17) is 16.6 Å². The molecule has 1 aliphatic rings. The SMILES string of the molecule is Cc1cnc2c(c1)nc(CCCl)n2C1CC1(C)C. The fourth-order valence-electron chi connectivity index (χ4n) is 2.60. The van der Waals surface area contributed by atoms with Crippen LogP contribution in [0.4, 0.5) is 0 Å². The lowest BCUT2D eigenvalue weighted by Gasteiger charge is -2.09. The van der Waals surface area contributed by atoms with Gasteiger partial charge in [-0.3, -0.25) is 0 Å². The molecule has 0 spiro atoms. The Morgan fingerprint density at radius 1 is 1.50 bits per heavy atom. The first-order valence-electron chi connectivity index (χ1n) is 6.42. The summed E-state index contributed by atoms with van der Waals surface area (Å²) in [7, 11) is 0. The van der Waals surface area contributed by atoms with Crippen molar-refractivity contribution in [1.82, 2.24) is 14.5 Å². The number of pyridine rings is 1. The van der Waals surface area contributed by atoms with Crippen LogP contribution in [-0.2, 0) is 6.42 Å². The van der Waals surface area contributed by atoms with Gasteiger partial charge in [0.25, 0.3) is 0 Å². The minimum absolute atomic E-state index is 0.362. The molecule has 96 valence electrons. The molecule has 0 bridgehead atoms. The van der Waals surface area contributed by atoms with Crippen LogP contribution in [-0.4, -0.2) is 20.4 Å². The van der Waals surface area contributed by atoms with Gasteiger partial charge in [-0.1, -0.05) is 13.8 Å². The topological polar surface area (TPSA) is 30.7 Å². The van der Waals surface area contributed by atoms with Crippen LogP contribution in [0.2, 0.25) is 0 Å². The first kappa shape index (κ1) is 12.0. The number of alkyl halides is 1. The van der Waals surface area contributed by atoms with Gasteiger partial charge < -0.3 is 4.57 Å². The summed E-state index contributed by atoms with van der Waals surface area (Å²) in [5.41, 5.74) is 3.52. The maximum Gasteiger partial charge on any atom is 0.160 e. The molecule has 1 unspecified atom stereocenters. The molecule has 0 aliphatic heterocycles. The van der Waals surface area contributed by atoms with Crippen molar-refractivity contribution in [3.63, 3.8) is 0 Å². The van der Waals surface area contributed by atoms with Crippen molar-refractivity contribution in [2.45, 2.75) is 39.7 Å². The van der Waals surface area contributed by atoms with Gasteiger partial charge in [0, 0.05) is 24.5 Å². The molecule has 2 aromatic rings. The summed E-state index contributed by atoms with van der Waals surface area (Å²) >= 11 is 5.89. The molecule has 0 amide bonds. The molecule has 2 heterocycles. The lowest BCUT2D eigenvalue weighted by atomic mass is 10.2. The van der Waals surface area contributed by atoms with Gasteiger partial charge in [0.1, 0.15) is 11.3 Å². The van der Waals surface area contributed by atoms with Crippen molar-refractivity contribution in [2.75, 3.05) is 5.88 Å². The lowest BCUT2D eigenvalue weighted by Crippen LogP contribution is -2.07. The minimum atomic E-state index is 0.362. The van der Waals surface area contributed by atoms with Gasteiger partial charge in [-0.05, 0) is 30.4 Å². The Morgan fingerprint density at radius 3 is 2.83 bits per heavy atom. The Balaban J connectivity index is 2.17. The summed E-state index contributed by atoms with van der Waals surface area (Å²) in [6.45, 7) is 6.64. The maximum atomic E-state index is 5.89. The van der Waals surface area contributed by atoms with Crippen molar-refractivity contribution in [3.05, 3.63) is 23.7 Å². The van der Waals surface area contributed by atoms with Crippen LogP contribution in [0.15, 0.2) is 12.3 Å². The van der Waals surface area contributed by atoms with Crippen LogP contribution in [0.25, 0.3) is 11.2 Å². The first-order chi connectivity index (χ1) is 8.53. The smallest absolute Gasteiger partial charge is 0.160 e. The molecule has 3 nitrogen and oxygen atoms in total. The molecule has 3 rings (SSSR count). The second kappa shape index (κ2) is 3.95. The van der Waals surface area contributed by atoms with Crippen LogP contribution < -0.4 is 0 Å². The van der Waals surface area contributed by atoms with Crippen LogP contribution in [0.1, 0.15) is 37.7 Å². The Morgan fingerprint density at radius 2 is 2.22 bits per heavy atom. The van der Waals surface area contributed by atoms with E-state index in [-0.39, 0.29) is 0 Å². The summed E-state index contributed by atoms with van der Waals surface area (Å²) in [5, 5.41) is 0. The van der Waals surface area contributed by atoms with Gasteiger partial charge in [0.05, 0.1) is 0 Å². The number of rotatable bonds is 3. The van der Waals surface area contributed by atoms with Crippen molar-refractivity contribution in [2.24, 2.45) is 5.41 Å². The molecule has 0 saturated heterocycles. The summed E-state index contributed by atoms with van der Waals surface area (Å²) in [5.74, 6) is 1.68. The Labute approximate surface area is 112 Å². The number of nitrogens with zero attached hydrogens (tertiary/aromatic N) is 3. The zero-order chi connectivity index (χ0) is 12.9. The number of hydrogen-bond donors (Lipinski definition) is 0. The molecule has 1 atom stereocenters. The Hall–Kier alpha value is -1.09. The van der Waals surface area contributed by atoms with Gasteiger partial charge in [0.2, 0.25) is 0 Å². The number of imidazole rings is 1. The second-order valence-electron chi connectivity index (χ2n) is 5.90. The molecule has 0 N–H and O–H groups in total. The number of hydrogen-bond acceptors (Lipinski definition) is 2. The van der Waals surface area contributed by atoms with E-state index >= 15 is 0 Å². The molecule has 0 aromatic carbocycles. The fraction of sp³-hybridized carbons (Fsp3) is 0.571.